The van der Waals surface area contributed by atoms with E-state index >= 15 is 0 Å². The van der Waals surface area contributed by atoms with Crippen molar-refractivity contribution in [1.82, 2.24) is 10.3 Å². The Kier molecular flexibility index (Phi) is 4.46. The largest absolute Gasteiger partial charge is 0.497 e. The normalized spacial score (nSPS) is 20.3. The van der Waals surface area contributed by atoms with Gasteiger partial charge >= 0.3 is 0 Å². The van der Waals surface area contributed by atoms with Gasteiger partial charge in [0.25, 0.3) is 0 Å². The SMILES string of the molecule is CCNC1c2cc(OC)ccc2CC1Sc1ccncc1. The molecule has 1 aliphatic carbocycles. The first-order valence-electron chi connectivity index (χ1n) is 7.28. The molecule has 0 saturated carbocycles. The molecule has 0 aliphatic heterocycles. The second-order valence-electron chi connectivity index (χ2n) is 5.14. The first kappa shape index (κ1) is 14.4. The van der Waals surface area contributed by atoms with Crippen LogP contribution in [0.25, 0.3) is 0 Å². The monoisotopic (exact) mass is 300 g/mol. The summed E-state index contributed by atoms with van der Waals surface area (Å²) in [5.41, 5.74) is 2.80. The summed E-state index contributed by atoms with van der Waals surface area (Å²) in [5.74, 6) is 0.936. The molecule has 2 unspecified atom stereocenters. The number of rotatable bonds is 5. The number of aromatic nitrogens is 1. The number of nitrogens with one attached hydrogen (secondary N) is 1. The van der Waals surface area contributed by atoms with Gasteiger partial charge in [0.2, 0.25) is 0 Å². The number of methoxy groups -OCH3 is 1. The first-order valence-corrected chi connectivity index (χ1v) is 8.16. The van der Waals surface area contributed by atoms with Crippen molar-refractivity contribution in [2.45, 2.75) is 29.5 Å². The van der Waals surface area contributed by atoms with Crippen LogP contribution in [0.15, 0.2) is 47.6 Å². The minimum atomic E-state index is 0.373. The molecule has 0 fully saturated rings. The number of nitrogens with zero attached hydrogens (tertiary/aromatic N) is 1. The molecule has 0 bridgehead atoms. The van der Waals surface area contributed by atoms with Crippen LogP contribution in [0, 0.1) is 0 Å². The van der Waals surface area contributed by atoms with Crippen molar-refractivity contribution in [2.24, 2.45) is 0 Å². The molecule has 110 valence electrons. The molecular weight excluding hydrogens is 280 g/mol. The fourth-order valence-electron chi connectivity index (χ4n) is 2.87. The summed E-state index contributed by atoms with van der Waals surface area (Å²) < 4.78 is 5.38. The molecule has 0 radical (unpaired) electrons. The van der Waals surface area contributed by atoms with Crippen molar-refractivity contribution in [3.05, 3.63) is 53.9 Å². The van der Waals surface area contributed by atoms with Crippen molar-refractivity contribution in [3.63, 3.8) is 0 Å². The van der Waals surface area contributed by atoms with Gasteiger partial charge in [-0.2, -0.15) is 0 Å². The lowest BCUT2D eigenvalue weighted by Gasteiger charge is -2.21. The summed E-state index contributed by atoms with van der Waals surface area (Å²) in [7, 11) is 1.72. The first-order chi connectivity index (χ1) is 10.3. The molecule has 1 N–H and O–H groups in total. The lowest BCUT2D eigenvalue weighted by molar-refractivity contribution is 0.413. The number of hydrogen-bond donors (Lipinski definition) is 1. The van der Waals surface area contributed by atoms with Crippen LogP contribution < -0.4 is 10.1 Å². The van der Waals surface area contributed by atoms with E-state index in [2.05, 4.69) is 47.6 Å². The fourth-order valence-corrected chi connectivity index (χ4v) is 4.14. The highest BCUT2D eigenvalue weighted by atomic mass is 32.2. The van der Waals surface area contributed by atoms with Crippen molar-refractivity contribution in [2.75, 3.05) is 13.7 Å². The predicted octanol–water partition coefficient (Wildman–Crippen LogP) is 3.46. The van der Waals surface area contributed by atoms with Crippen LogP contribution >= 0.6 is 11.8 Å². The molecule has 3 rings (SSSR count). The average Bonchev–Trinajstić information content (AvgIpc) is 2.85. The molecule has 1 aromatic carbocycles. The van der Waals surface area contributed by atoms with E-state index in [1.54, 1.807) is 7.11 Å². The summed E-state index contributed by atoms with van der Waals surface area (Å²) in [6, 6.07) is 11.0. The van der Waals surface area contributed by atoms with E-state index in [0.717, 1.165) is 18.7 Å². The third-order valence-corrected chi connectivity index (χ3v) is 5.13. The van der Waals surface area contributed by atoms with Gasteiger partial charge in [0.05, 0.1) is 7.11 Å². The molecule has 0 amide bonds. The Bertz CT molecular complexity index is 603. The Morgan fingerprint density at radius 2 is 2.10 bits per heavy atom. The summed E-state index contributed by atoms with van der Waals surface area (Å²) in [6.07, 6.45) is 4.80. The van der Waals surface area contributed by atoms with Gasteiger partial charge in [-0.25, -0.2) is 0 Å². The fraction of sp³-hybridized carbons (Fsp3) is 0.353. The van der Waals surface area contributed by atoms with E-state index in [1.807, 2.05) is 24.2 Å². The van der Waals surface area contributed by atoms with Crippen LogP contribution in [-0.2, 0) is 6.42 Å². The van der Waals surface area contributed by atoms with Gasteiger partial charge in [-0.05, 0) is 48.4 Å². The maximum absolute atomic E-state index is 5.38. The molecule has 1 aliphatic rings. The quantitative estimate of drug-likeness (QED) is 0.917. The van der Waals surface area contributed by atoms with Crippen molar-refractivity contribution in [3.8, 4) is 5.75 Å². The van der Waals surface area contributed by atoms with Crippen LogP contribution in [0.1, 0.15) is 24.1 Å². The smallest absolute Gasteiger partial charge is 0.119 e. The minimum Gasteiger partial charge on any atom is -0.497 e. The predicted molar refractivity (Wildman–Crippen MR) is 87.0 cm³/mol. The molecule has 2 aromatic rings. The lowest BCUT2D eigenvalue weighted by atomic mass is 10.1. The van der Waals surface area contributed by atoms with Gasteiger partial charge in [0.1, 0.15) is 5.75 Å². The van der Waals surface area contributed by atoms with Crippen LogP contribution in [0.2, 0.25) is 0 Å². The highest BCUT2D eigenvalue weighted by molar-refractivity contribution is 8.00. The maximum Gasteiger partial charge on any atom is 0.119 e. The standard InChI is InChI=1S/C17H20N2OS/c1-3-19-17-15-11-13(20-2)5-4-12(15)10-16(17)21-14-6-8-18-9-7-14/h4-9,11,16-17,19H,3,10H2,1-2H3. The summed E-state index contributed by atoms with van der Waals surface area (Å²) >= 11 is 1.93. The zero-order chi connectivity index (χ0) is 14.7. The number of thioether (sulfide) groups is 1. The zero-order valence-electron chi connectivity index (χ0n) is 12.4. The molecule has 1 aromatic heterocycles. The van der Waals surface area contributed by atoms with Crippen molar-refractivity contribution < 1.29 is 4.74 Å². The molecule has 0 spiro atoms. The second-order valence-corrected chi connectivity index (χ2v) is 6.46. The topological polar surface area (TPSA) is 34.1 Å². The summed E-state index contributed by atoms with van der Waals surface area (Å²) in [5, 5.41) is 4.14. The number of pyridine rings is 1. The van der Waals surface area contributed by atoms with Crippen molar-refractivity contribution in [1.29, 1.82) is 0 Å². The van der Waals surface area contributed by atoms with Crippen LogP contribution in [0.3, 0.4) is 0 Å². The Hall–Kier alpha value is -1.52. The van der Waals surface area contributed by atoms with E-state index in [1.165, 1.54) is 16.0 Å². The molecule has 1 heterocycles. The number of benzene rings is 1. The molecule has 21 heavy (non-hydrogen) atoms. The second kappa shape index (κ2) is 6.50. The highest BCUT2D eigenvalue weighted by Gasteiger charge is 2.32. The van der Waals surface area contributed by atoms with Crippen LogP contribution in [0.4, 0.5) is 0 Å². The lowest BCUT2D eigenvalue weighted by Crippen LogP contribution is -2.26. The summed E-state index contributed by atoms with van der Waals surface area (Å²) in [6.45, 7) is 3.13. The average molecular weight is 300 g/mol. The van der Waals surface area contributed by atoms with E-state index < -0.39 is 0 Å². The number of ether oxygens (including phenoxy) is 1. The van der Waals surface area contributed by atoms with E-state index in [0.29, 0.717) is 11.3 Å². The number of fused-ring (bicyclic) bond motifs is 1. The van der Waals surface area contributed by atoms with Gasteiger partial charge in [-0.3, -0.25) is 4.98 Å². The molecule has 0 saturated heterocycles. The van der Waals surface area contributed by atoms with E-state index in [4.69, 9.17) is 4.74 Å². The number of hydrogen-bond acceptors (Lipinski definition) is 4. The van der Waals surface area contributed by atoms with Gasteiger partial charge in [0, 0.05) is 28.6 Å². The Labute approximate surface area is 130 Å². The van der Waals surface area contributed by atoms with Gasteiger partial charge in [0.15, 0.2) is 0 Å². The van der Waals surface area contributed by atoms with Crippen LogP contribution in [-0.4, -0.2) is 23.9 Å². The highest BCUT2D eigenvalue weighted by Crippen LogP contribution is 2.42. The van der Waals surface area contributed by atoms with Crippen molar-refractivity contribution >= 4 is 11.8 Å². The van der Waals surface area contributed by atoms with Crippen LogP contribution in [0.5, 0.6) is 5.75 Å². The Morgan fingerprint density at radius 3 is 2.81 bits per heavy atom. The zero-order valence-corrected chi connectivity index (χ0v) is 13.2. The van der Waals surface area contributed by atoms with Gasteiger partial charge < -0.3 is 10.1 Å². The molecule has 2 atom stereocenters. The summed E-state index contributed by atoms with van der Waals surface area (Å²) in [4.78, 5) is 5.37. The van der Waals surface area contributed by atoms with E-state index in [-0.39, 0.29) is 0 Å². The molecule has 4 heteroatoms. The van der Waals surface area contributed by atoms with Gasteiger partial charge in [-0.1, -0.05) is 13.0 Å². The minimum absolute atomic E-state index is 0.373. The molecule has 3 nitrogen and oxygen atoms in total. The third kappa shape index (κ3) is 3.06. The Balaban J connectivity index is 1.85. The third-order valence-electron chi connectivity index (χ3n) is 3.84. The Morgan fingerprint density at radius 1 is 1.29 bits per heavy atom. The van der Waals surface area contributed by atoms with E-state index in [9.17, 15) is 0 Å². The maximum atomic E-state index is 5.38. The molecular formula is C17H20N2OS. The van der Waals surface area contributed by atoms with Gasteiger partial charge in [-0.15, -0.1) is 11.8 Å².